The van der Waals surface area contributed by atoms with Crippen LogP contribution in [0.2, 0.25) is 0 Å². The lowest BCUT2D eigenvalue weighted by Crippen LogP contribution is -2.12. The molecule has 0 fully saturated rings. The maximum absolute atomic E-state index is 11.8. The van der Waals surface area contributed by atoms with Gasteiger partial charge in [-0.25, -0.2) is 9.97 Å². The molecular weight excluding hydrogens is 240 g/mol. The highest BCUT2D eigenvalue weighted by atomic mass is 16.5. The maximum atomic E-state index is 11.8. The standard InChI is InChI=1S/C15H14N2O2/c18-13-6-1-5-12-11(13)4-2-7-14(12)19-10-15-16-8-3-9-17-15/h2-4,7-9H,1,5-6,10H2. The number of hydrogen-bond acceptors (Lipinski definition) is 4. The van der Waals surface area contributed by atoms with Crippen LogP contribution in [0, 0.1) is 0 Å². The summed E-state index contributed by atoms with van der Waals surface area (Å²) in [6.45, 7) is 0.325. The first-order chi connectivity index (χ1) is 9.34. The Morgan fingerprint density at radius 3 is 2.79 bits per heavy atom. The van der Waals surface area contributed by atoms with Gasteiger partial charge in [-0.15, -0.1) is 0 Å². The number of aromatic nitrogens is 2. The number of rotatable bonds is 3. The van der Waals surface area contributed by atoms with Crippen LogP contribution in [-0.4, -0.2) is 15.8 Å². The average Bonchev–Trinajstić information content (AvgIpc) is 2.47. The molecule has 19 heavy (non-hydrogen) atoms. The minimum absolute atomic E-state index is 0.211. The maximum Gasteiger partial charge on any atom is 0.166 e. The normalized spacial score (nSPS) is 14.0. The van der Waals surface area contributed by atoms with Gasteiger partial charge in [0.15, 0.2) is 11.6 Å². The number of carbonyl (C=O) groups is 1. The van der Waals surface area contributed by atoms with Crippen molar-refractivity contribution in [2.24, 2.45) is 0 Å². The van der Waals surface area contributed by atoms with E-state index in [1.165, 1.54) is 0 Å². The highest BCUT2D eigenvalue weighted by Gasteiger charge is 2.20. The van der Waals surface area contributed by atoms with E-state index < -0.39 is 0 Å². The molecule has 0 aliphatic heterocycles. The summed E-state index contributed by atoms with van der Waals surface area (Å²) >= 11 is 0. The summed E-state index contributed by atoms with van der Waals surface area (Å²) in [5.41, 5.74) is 1.83. The van der Waals surface area contributed by atoms with Crippen molar-refractivity contribution in [1.82, 2.24) is 9.97 Å². The summed E-state index contributed by atoms with van der Waals surface area (Å²) in [6, 6.07) is 7.42. The van der Waals surface area contributed by atoms with Gasteiger partial charge >= 0.3 is 0 Å². The van der Waals surface area contributed by atoms with Crippen molar-refractivity contribution in [2.75, 3.05) is 0 Å². The SMILES string of the molecule is O=C1CCCc2c(OCc3ncccn3)cccc21. The molecule has 1 heterocycles. The van der Waals surface area contributed by atoms with E-state index >= 15 is 0 Å². The fraction of sp³-hybridized carbons (Fsp3) is 0.267. The van der Waals surface area contributed by atoms with Crippen molar-refractivity contribution < 1.29 is 9.53 Å². The second-order valence-corrected chi connectivity index (χ2v) is 4.51. The Morgan fingerprint density at radius 2 is 1.95 bits per heavy atom. The topological polar surface area (TPSA) is 52.1 Å². The number of benzene rings is 1. The van der Waals surface area contributed by atoms with Gasteiger partial charge in [0.1, 0.15) is 12.4 Å². The van der Waals surface area contributed by atoms with Crippen LogP contribution in [-0.2, 0) is 13.0 Å². The number of Topliss-reactive ketones (excluding diaryl/α,β-unsaturated/α-hetero) is 1. The molecular formula is C15H14N2O2. The first-order valence-corrected chi connectivity index (χ1v) is 6.38. The molecule has 1 aromatic carbocycles. The molecule has 0 N–H and O–H groups in total. The Balaban J connectivity index is 1.82. The van der Waals surface area contributed by atoms with Crippen molar-refractivity contribution in [3.05, 3.63) is 53.6 Å². The minimum Gasteiger partial charge on any atom is -0.485 e. The van der Waals surface area contributed by atoms with E-state index in [0.717, 1.165) is 29.7 Å². The molecule has 0 spiro atoms. The fourth-order valence-corrected chi connectivity index (χ4v) is 2.33. The molecule has 2 aromatic rings. The number of fused-ring (bicyclic) bond motifs is 1. The molecule has 96 valence electrons. The molecule has 1 aromatic heterocycles. The highest BCUT2D eigenvalue weighted by Crippen LogP contribution is 2.29. The van der Waals surface area contributed by atoms with Crippen LogP contribution in [0.15, 0.2) is 36.7 Å². The third-order valence-electron chi connectivity index (χ3n) is 3.24. The van der Waals surface area contributed by atoms with E-state index in [2.05, 4.69) is 9.97 Å². The van der Waals surface area contributed by atoms with Gasteiger partial charge in [-0.05, 0) is 25.0 Å². The van der Waals surface area contributed by atoms with Crippen LogP contribution in [0.3, 0.4) is 0 Å². The van der Waals surface area contributed by atoms with Gasteiger partial charge in [0.05, 0.1) is 0 Å². The highest BCUT2D eigenvalue weighted by molar-refractivity contribution is 5.99. The van der Waals surface area contributed by atoms with Crippen LogP contribution in [0.4, 0.5) is 0 Å². The number of nitrogens with zero attached hydrogens (tertiary/aromatic N) is 2. The van der Waals surface area contributed by atoms with Crippen LogP contribution < -0.4 is 4.74 Å². The second-order valence-electron chi connectivity index (χ2n) is 4.51. The lowest BCUT2D eigenvalue weighted by atomic mass is 9.90. The van der Waals surface area contributed by atoms with Crippen molar-refractivity contribution in [2.45, 2.75) is 25.9 Å². The predicted octanol–water partition coefficient (Wildman–Crippen LogP) is 2.57. The zero-order valence-electron chi connectivity index (χ0n) is 10.5. The summed E-state index contributed by atoms with van der Waals surface area (Å²) in [5.74, 6) is 1.63. The Kier molecular flexibility index (Phi) is 3.23. The van der Waals surface area contributed by atoms with Gasteiger partial charge in [-0.2, -0.15) is 0 Å². The molecule has 0 saturated carbocycles. The third-order valence-corrected chi connectivity index (χ3v) is 3.24. The minimum atomic E-state index is 0.211. The summed E-state index contributed by atoms with van der Waals surface area (Å²) in [7, 11) is 0. The molecule has 0 saturated heterocycles. The monoisotopic (exact) mass is 254 g/mol. The van der Waals surface area contributed by atoms with Gasteiger partial charge in [0.25, 0.3) is 0 Å². The molecule has 1 aliphatic rings. The van der Waals surface area contributed by atoms with Gasteiger partial charge < -0.3 is 4.74 Å². The van der Waals surface area contributed by atoms with E-state index in [1.54, 1.807) is 18.5 Å². The average molecular weight is 254 g/mol. The van der Waals surface area contributed by atoms with Crippen LogP contribution in [0.1, 0.15) is 34.6 Å². The van der Waals surface area contributed by atoms with E-state index in [4.69, 9.17) is 4.74 Å². The number of hydrogen-bond donors (Lipinski definition) is 0. The molecule has 0 atom stereocenters. The largest absolute Gasteiger partial charge is 0.485 e. The van der Waals surface area contributed by atoms with Crippen LogP contribution in [0.5, 0.6) is 5.75 Å². The molecule has 4 nitrogen and oxygen atoms in total. The smallest absolute Gasteiger partial charge is 0.166 e. The molecule has 3 rings (SSSR count). The second kappa shape index (κ2) is 5.18. The van der Waals surface area contributed by atoms with E-state index in [9.17, 15) is 4.79 Å². The van der Waals surface area contributed by atoms with Gasteiger partial charge in [0, 0.05) is 29.9 Å². The summed E-state index contributed by atoms with van der Waals surface area (Å²) in [5, 5.41) is 0. The fourth-order valence-electron chi connectivity index (χ4n) is 2.33. The molecule has 0 bridgehead atoms. The molecule has 0 amide bonds. The van der Waals surface area contributed by atoms with Crippen LogP contribution in [0.25, 0.3) is 0 Å². The number of ether oxygens (including phenoxy) is 1. The summed E-state index contributed by atoms with van der Waals surface area (Å²) in [4.78, 5) is 20.1. The zero-order valence-corrected chi connectivity index (χ0v) is 10.5. The number of carbonyl (C=O) groups excluding carboxylic acids is 1. The Bertz CT molecular complexity index is 596. The lowest BCUT2D eigenvalue weighted by molar-refractivity contribution is 0.0971. The van der Waals surface area contributed by atoms with Gasteiger partial charge in [-0.3, -0.25) is 4.79 Å². The molecule has 0 radical (unpaired) electrons. The molecule has 4 heteroatoms. The van der Waals surface area contributed by atoms with Crippen molar-refractivity contribution in [3.63, 3.8) is 0 Å². The summed E-state index contributed by atoms with van der Waals surface area (Å²) < 4.78 is 5.76. The molecule has 0 unspecified atom stereocenters. The lowest BCUT2D eigenvalue weighted by Gasteiger charge is -2.18. The first-order valence-electron chi connectivity index (χ1n) is 6.38. The van der Waals surface area contributed by atoms with E-state index in [-0.39, 0.29) is 5.78 Å². The quantitative estimate of drug-likeness (QED) is 0.844. The zero-order chi connectivity index (χ0) is 13.1. The third kappa shape index (κ3) is 2.47. The molecule has 1 aliphatic carbocycles. The Labute approximate surface area is 111 Å². The Hall–Kier alpha value is -2.23. The van der Waals surface area contributed by atoms with Gasteiger partial charge in [-0.1, -0.05) is 12.1 Å². The van der Waals surface area contributed by atoms with E-state index in [1.807, 2.05) is 18.2 Å². The summed E-state index contributed by atoms with van der Waals surface area (Å²) in [6.07, 6.45) is 5.81. The van der Waals surface area contributed by atoms with Gasteiger partial charge in [0.2, 0.25) is 0 Å². The van der Waals surface area contributed by atoms with Crippen molar-refractivity contribution in [3.8, 4) is 5.75 Å². The van der Waals surface area contributed by atoms with Crippen molar-refractivity contribution in [1.29, 1.82) is 0 Å². The van der Waals surface area contributed by atoms with E-state index in [0.29, 0.717) is 18.9 Å². The first kappa shape index (κ1) is 11.8. The Morgan fingerprint density at radius 1 is 1.11 bits per heavy atom. The number of ketones is 1. The van der Waals surface area contributed by atoms with Crippen molar-refractivity contribution >= 4 is 5.78 Å². The predicted molar refractivity (Wildman–Crippen MR) is 70.1 cm³/mol. The van der Waals surface area contributed by atoms with Crippen LogP contribution >= 0.6 is 0 Å².